The van der Waals surface area contributed by atoms with Gasteiger partial charge in [0.2, 0.25) is 0 Å². The number of ether oxygens (including phenoxy) is 3. The molecule has 0 aromatic rings. The highest BCUT2D eigenvalue weighted by molar-refractivity contribution is 5.71. The number of carbonyl (C=O) groups is 3. The first-order valence-electron chi connectivity index (χ1n) is 34.5. The first-order valence-corrected chi connectivity index (χ1v) is 34.5. The zero-order valence-corrected chi connectivity index (χ0v) is 53.7. The van der Waals surface area contributed by atoms with Crippen molar-refractivity contribution in [1.82, 2.24) is 0 Å². The molecule has 0 aliphatic carbocycles. The molecule has 0 aromatic heterocycles. The number of esters is 3. The van der Waals surface area contributed by atoms with Crippen LogP contribution >= 0.6 is 0 Å². The van der Waals surface area contributed by atoms with Gasteiger partial charge >= 0.3 is 17.9 Å². The van der Waals surface area contributed by atoms with E-state index in [2.05, 4.69) is 142 Å². The molecule has 6 nitrogen and oxygen atoms in total. The van der Waals surface area contributed by atoms with Gasteiger partial charge in [0.05, 0.1) is 0 Å². The molecule has 0 heterocycles. The largest absolute Gasteiger partial charge is 0.462 e. The maximum Gasteiger partial charge on any atom is 0.306 e. The van der Waals surface area contributed by atoms with Crippen LogP contribution in [0.15, 0.2) is 122 Å². The van der Waals surface area contributed by atoms with Crippen molar-refractivity contribution < 1.29 is 28.6 Å². The van der Waals surface area contributed by atoms with E-state index < -0.39 is 6.10 Å². The number of carbonyl (C=O) groups excluding carboxylic acids is 3. The molecular weight excluding hydrogens is 1010 g/mol. The second kappa shape index (κ2) is 69.3. The third-order valence-electron chi connectivity index (χ3n) is 14.7. The predicted octanol–water partition coefficient (Wildman–Crippen LogP) is 23.9. The molecule has 0 saturated carbocycles. The maximum absolute atomic E-state index is 12.9. The van der Waals surface area contributed by atoms with Gasteiger partial charge in [0, 0.05) is 19.3 Å². The van der Waals surface area contributed by atoms with Gasteiger partial charge in [-0.2, -0.15) is 0 Å². The van der Waals surface area contributed by atoms with Gasteiger partial charge in [-0.25, -0.2) is 0 Å². The molecular formula is C76H128O6. The Morgan fingerprint density at radius 2 is 0.476 bits per heavy atom. The minimum atomic E-state index is -0.778. The number of rotatable bonds is 62. The van der Waals surface area contributed by atoms with Crippen LogP contribution in [0.5, 0.6) is 0 Å². The molecule has 0 aromatic carbocycles. The number of hydrogen-bond acceptors (Lipinski definition) is 6. The molecule has 0 aliphatic heterocycles. The zero-order valence-electron chi connectivity index (χ0n) is 53.7. The summed E-state index contributed by atoms with van der Waals surface area (Å²) >= 11 is 0. The fourth-order valence-corrected chi connectivity index (χ4v) is 9.62. The lowest BCUT2D eigenvalue weighted by Crippen LogP contribution is -2.30. The van der Waals surface area contributed by atoms with Gasteiger partial charge in [0.1, 0.15) is 13.2 Å². The Balaban J connectivity index is 4.04. The predicted molar refractivity (Wildman–Crippen MR) is 357 cm³/mol. The molecule has 0 aliphatic rings. The Morgan fingerprint density at radius 1 is 0.256 bits per heavy atom. The van der Waals surface area contributed by atoms with E-state index in [1.165, 1.54) is 161 Å². The molecule has 0 N–H and O–H groups in total. The number of hydrogen-bond donors (Lipinski definition) is 0. The van der Waals surface area contributed by atoms with Crippen LogP contribution in [0.4, 0.5) is 0 Å². The lowest BCUT2D eigenvalue weighted by molar-refractivity contribution is -0.167. The quantitative estimate of drug-likeness (QED) is 0.0261. The lowest BCUT2D eigenvalue weighted by atomic mass is 10.0. The topological polar surface area (TPSA) is 78.9 Å². The molecule has 0 bridgehead atoms. The van der Waals surface area contributed by atoms with Gasteiger partial charge in [0.15, 0.2) is 6.10 Å². The monoisotopic (exact) mass is 1140 g/mol. The molecule has 1 atom stereocenters. The molecule has 82 heavy (non-hydrogen) atoms. The van der Waals surface area contributed by atoms with E-state index in [9.17, 15) is 14.4 Å². The second-order valence-corrected chi connectivity index (χ2v) is 22.7. The Bertz CT molecular complexity index is 1690. The minimum absolute atomic E-state index is 0.0773. The van der Waals surface area contributed by atoms with Crippen LogP contribution in [0.1, 0.15) is 323 Å². The normalized spacial score (nSPS) is 12.9. The first-order chi connectivity index (χ1) is 40.5. The van der Waals surface area contributed by atoms with E-state index in [0.29, 0.717) is 19.3 Å². The van der Waals surface area contributed by atoms with Gasteiger partial charge in [0.25, 0.3) is 0 Å². The van der Waals surface area contributed by atoms with E-state index in [0.717, 1.165) is 122 Å². The third kappa shape index (κ3) is 66.6. The summed E-state index contributed by atoms with van der Waals surface area (Å²) in [6.07, 6.45) is 96.9. The maximum atomic E-state index is 12.9. The van der Waals surface area contributed by atoms with Crippen LogP contribution < -0.4 is 0 Å². The zero-order chi connectivity index (χ0) is 59.2. The number of allylic oxidation sites excluding steroid dienone is 20. The molecule has 0 radical (unpaired) electrons. The van der Waals surface area contributed by atoms with Crippen molar-refractivity contribution in [3.05, 3.63) is 122 Å². The Hall–Kier alpha value is -4.19. The van der Waals surface area contributed by atoms with Gasteiger partial charge in [-0.1, -0.05) is 316 Å². The van der Waals surface area contributed by atoms with Gasteiger partial charge in [-0.05, 0) is 109 Å². The van der Waals surface area contributed by atoms with Gasteiger partial charge in [-0.3, -0.25) is 14.4 Å². The van der Waals surface area contributed by atoms with Crippen LogP contribution in [0.2, 0.25) is 0 Å². The van der Waals surface area contributed by atoms with E-state index in [1.807, 2.05) is 0 Å². The third-order valence-corrected chi connectivity index (χ3v) is 14.7. The van der Waals surface area contributed by atoms with Crippen molar-refractivity contribution >= 4 is 17.9 Å². The van der Waals surface area contributed by atoms with Gasteiger partial charge < -0.3 is 14.2 Å². The summed E-state index contributed by atoms with van der Waals surface area (Å²) in [5.41, 5.74) is 0. The molecule has 0 fully saturated rings. The minimum Gasteiger partial charge on any atom is -0.462 e. The van der Waals surface area contributed by atoms with Crippen molar-refractivity contribution in [3.8, 4) is 0 Å². The van der Waals surface area contributed by atoms with Crippen LogP contribution in [0.3, 0.4) is 0 Å². The Morgan fingerprint density at radius 3 is 0.744 bits per heavy atom. The summed E-state index contributed by atoms with van der Waals surface area (Å²) in [5.74, 6) is -0.880. The van der Waals surface area contributed by atoms with E-state index in [4.69, 9.17) is 14.2 Å². The fraction of sp³-hybridized carbons (Fsp3) is 0.697. The Labute approximate surface area is 507 Å². The average Bonchev–Trinajstić information content (AvgIpc) is 3.47. The number of unbranched alkanes of at least 4 members (excludes halogenated alkanes) is 31. The summed E-state index contributed by atoms with van der Waals surface area (Å²) in [4.78, 5) is 38.1. The molecule has 6 heteroatoms. The summed E-state index contributed by atoms with van der Waals surface area (Å²) < 4.78 is 16.8. The van der Waals surface area contributed by atoms with Crippen molar-refractivity contribution in [2.45, 2.75) is 329 Å². The average molecular weight is 1140 g/mol. The van der Waals surface area contributed by atoms with Gasteiger partial charge in [-0.15, -0.1) is 0 Å². The highest BCUT2D eigenvalue weighted by atomic mass is 16.6. The molecule has 1 unspecified atom stereocenters. The summed E-state index contributed by atoms with van der Waals surface area (Å²) in [6, 6.07) is 0. The van der Waals surface area contributed by atoms with Crippen LogP contribution in [0, 0.1) is 0 Å². The van der Waals surface area contributed by atoms with Crippen LogP contribution in [-0.4, -0.2) is 37.2 Å². The van der Waals surface area contributed by atoms with Crippen LogP contribution in [-0.2, 0) is 28.6 Å². The molecule has 0 saturated heterocycles. The van der Waals surface area contributed by atoms with E-state index in [-0.39, 0.29) is 31.1 Å². The van der Waals surface area contributed by atoms with Crippen molar-refractivity contribution in [2.24, 2.45) is 0 Å². The van der Waals surface area contributed by atoms with E-state index >= 15 is 0 Å². The summed E-state index contributed by atoms with van der Waals surface area (Å²) in [6.45, 7) is 6.38. The second-order valence-electron chi connectivity index (χ2n) is 22.7. The SMILES string of the molecule is CC/C=C\C/C=C\C/C=C\C/C=C\C/C=C\C/C=C\CCCCCCCCCCCCCCCCC(=O)OCC(COC(=O)CCCCCCCC)OC(=O)CCCCCCCCCCCCCC/C=C\C/C=C\C/C=C\C/C=C\CC. The molecule has 0 rings (SSSR count). The standard InChI is InChI=1S/C76H128O6/c1-4-7-10-13-16-18-20-22-24-26-28-30-32-34-35-36-37-38-39-40-41-43-44-46-48-50-52-54-56-58-60-63-66-69-75(78)81-72-73(71-80-74(77)68-65-62-15-12-9-6-3)82-76(79)70-67-64-61-59-57-55-53-51-49-47-45-42-33-31-29-27-25-23-21-19-17-14-11-8-5-2/h7-8,10-11,16-19,22-25,28-31,34-35,37-38,73H,4-6,9,12-15,20-21,26-27,32-33,36,39-72H2,1-3H3/b10-7-,11-8-,18-16-,19-17-,24-22-,25-23-,30-28-,31-29-,35-34-,38-37-. The smallest absolute Gasteiger partial charge is 0.306 e. The highest BCUT2D eigenvalue weighted by Crippen LogP contribution is 2.17. The highest BCUT2D eigenvalue weighted by Gasteiger charge is 2.19. The summed E-state index contributed by atoms with van der Waals surface area (Å²) in [5, 5.41) is 0. The molecule has 468 valence electrons. The lowest BCUT2D eigenvalue weighted by Gasteiger charge is -2.18. The Kier molecular flexibility index (Phi) is 65.8. The van der Waals surface area contributed by atoms with Crippen molar-refractivity contribution in [1.29, 1.82) is 0 Å². The summed E-state index contributed by atoms with van der Waals surface area (Å²) in [7, 11) is 0. The first kappa shape index (κ1) is 77.8. The fourth-order valence-electron chi connectivity index (χ4n) is 9.62. The molecule has 0 spiro atoms. The van der Waals surface area contributed by atoms with E-state index in [1.54, 1.807) is 0 Å². The van der Waals surface area contributed by atoms with Crippen molar-refractivity contribution in [3.63, 3.8) is 0 Å². The molecule has 0 amide bonds. The van der Waals surface area contributed by atoms with Crippen LogP contribution in [0.25, 0.3) is 0 Å². The van der Waals surface area contributed by atoms with Crippen molar-refractivity contribution in [2.75, 3.05) is 13.2 Å².